The highest BCUT2D eigenvalue weighted by Crippen LogP contribution is 2.48. The number of rotatable bonds is 21. The van der Waals surface area contributed by atoms with Gasteiger partial charge in [-0.3, -0.25) is 28.8 Å². The van der Waals surface area contributed by atoms with Crippen LogP contribution < -0.4 is 20.8 Å². The van der Waals surface area contributed by atoms with Gasteiger partial charge in [0.2, 0.25) is 0 Å². The third-order valence-electron chi connectivity index (χ3n) is 10.2. The van der Waals surface area contributed by atoms with Crippen molar-refractivity contribution in [3.05, 3.63) is 64.6 Å². The SMILES string of the molecule is C#C[C@]1(COP(=O)(N[C@@H](C)C(=O)OCC(CC)CC)Oc2ccccc2)O[C@@H](n2cnc3c(NC(=O)OC(C)(C)CC(=O)OCc4oc(=O)oc4C)nc(C)nc32)C[C@@H]1OC(=O)C(C)C. The van der Waals surface area contributed by atoms with E-state index in [1.165, 1.54) is 38.6 Å². The number of esters is 3. The topological polar surface area (TPSA) is 261 Å². The van der Waals surface area contributed by atoms with Crippen LogP contribution in [0.15, 0.2) is 50.3 Å². The summed E-state index contributed by atoms with van der Waals surface area (Å²) in [5.74, 6) is -0.348. The van der Waals surface area contributed by atoms with Crippen LogP contribution in [0.25, 0.3) is 11.2 Å². The summed E-state index contributed by atoms with van der Waals surface area (Å²) < 4.78 is 66.2. The Kier molecular flexibility index (Phi) is 16.3. The number of fused-ring (bicyclic) bond motifs is 1. The van der Waals surface area contributed by atoms with Gasteiger partial charge >= 0.3 is 37.6 Å². The average Bonchev–Trinajstić information content (AvgIpc) is 3.93. The first kappa shape index (κ1) is 49.9. The molecule has 0 bridgehead atoms. The number of hydrogen-bond acceptors (Lipinski definition) is 18. The van der Waals surface area contributed by atoms with Crippen LogP contribution in [-0.4, -0.2) is 80.1 Å². The normalized spacial score (nSPS) is 18.7. The number of carbonyl (C=O) groups is 4. The molecule has 1 saturated heterocycles. The molecule has 4 aromatic rings. The van der Waals surface area contributed by atoms with Gasteiger partial charge in [0.05, 0.1) is 25.3 Å². The first-order chi connectivity index (χ1) is 30.7. The number of aromatic nitrogens is 4. The molecule has 1 fully saturated rings. The summed E-state index contributed by atoms with van der Waals surface area (Å²) in [6.45, 7) is 13.9. The van der Waals surface area contributed by atoms with Crippen molar-refractivity contribution in [2.24, 2.45) is 11.8 Å². The highest BCUT2D eigenvalue weighted by Gasteiger charge is 2.53. The molecule has 1 aliphatic rings. The Morgan fingerprint density at radius 1 is 1.05 bits per heavy atom. The van der Waals surface area contributed by atoms with Gasteiger partial charge in [0, 0.05) is 6.42 Å². The summed E-state index contributed by atoms with van der Waals surface area (Å²) in [5, 5.41) is 5.21. The fraction of sp³-hybridized carbons (Fsp3) is 0.535. The lowest BCUT2D eigenvalue weighted by atomic mass is 9.98. The zero-order chi connectivity index (χ0) is 47.7. The monoisotopic (exact) mass is 926 g/mol. The number of nitrogens with zero attached hydrogens (tertiary/aromatic N) is 4. The van der Waals surface area contributed by atoms with E-state index in [9.17, 15) is 28.5 Å². The number of carbonyl (C=O) groups excluding carboxylic acids is 4. The number of anilines is 1. The molecule has 2 N–H and O–H groups in total. The molecule has 22 heteroatoms. The summed E-state index contributed by atoms with van der Waals surface area (Å²) >= 11 is 0. The van der Waals surface area contributed by atoms with E-state index < -0.39 is 79.7 Å². The molecule has 1 unspecified atom stereocenters. The van der Waals surface area contributed by atoms with Gasteiger partial charge in [0.15, 0.2) is 40.7 Å². The molecule has 65 heavy (non-hydrogen) atoms. The van der Waals surface area contributed by atoms with E-state index in [0.29, 0.717) is 0 Å². The minimum atomic E-state index is -4.49. The van der Waals surface area contributed by atoms with Crippen molar-refractivity contribution in [1.82, 2.24) is 24.6 Å². The molecule has 5 rings (SSSR count). The molecule has 0 radical (unpaired) electrons. The van der Waals surface area contributed by atoms with Gasteiger partial charge in [-0.05, 0) is 52.7 Å². The Balaban J connectivity index is 1.36. The summed E-state index contributed by atoms with van der Waals surface area (Å²) in [6.07, 6.45) is 5.47. The standard InChI is InChI=1S/C43H55N6O15P/c1-11-29(12-2)21-57-39(52)26(6)48-65(55,64-30-17-15-14-16-18-30)58-23-43(13-3)32(61-38(51)25(4)5)19-33(62-43)49-24-44-35-36(45-28(8)46-37(35)49)47-40(53)63-42(9,10)20-34(50)56-22-31-27(7)59-41(54)60-31/h3,14-18,24-26,29,32-33H,11-12,19-23H2,1-2,4-10H3,(H,48,55)(H,45,46,47,53)/t26-,32-,33+,43+,65?/m0/s1. The van der Waals surface area contributed by atoms with Crippen molar-refractivity contribution in [2.75, 3.05) is 18.5 Å². The fourth-order valence-electron chi connectivity index (χ4n) is 6.44. The molecular weight excluding hydrogens is 871 g/mol. The lowest BCUT2D eigenvalue weighted by Crippen LogP contribution is -2.46. The van der Waals surface area contributed by atoms with Gasteiger partial charge in [-0.2, -0.15) is 5.09 Å². The Morgan fingerprint density at radius 3 is 2.38 bits per heavy atom. The van der Waals surface area contributed by atoms with Crippen LogP contribution in [-0.2, 0) is 53.8 Å². The Hall–Kier alpha value is -6.07. The van der Waals surface area contributed by atoms with Crippen molar-refractivity contribution in [3.8, 4) is 18.1 Å². The molecule has 5 atom stereocenters. The summed E-state index contributed by atoms with van der Waals surface area (Å²) in [6, 6.07) is 6.97. The molecule has 0 saturated carbocycles. The van der Waals surface area contributed by atoms with Gasteiger partial charge in [-0.25, -0.2) is 29.1 Å². The Bertz CT molecular complexity index is 2470. The third-order valence-corrected chi connectivity index (χ3v) is 11.8. The highest BCUT2D eigenvalue weighted by atomic mass is 31.2. The van der Waals surface area contributed by atoms with E-state index in [-0.39, 0.29) is 72.0 Å². The smallest absolute Gasteiger partial charge is 0.464 e. The van der Waals surface area contributed by atoms with E-state index in [1.54, 1.807) is 51.1 Å². The Labute approximate surface area is 375 Å². The Morgan fingerprint density at radius 2 is 1.75 bits per heavy atom. The lowest BCUT2D eigenvalue weighted by molar-refractivity contribution is -0.162. The number of amides is 1. The molecule has 1 aromatic carbocycles. The van der Waals surface area contributed by atoms with Crippen molar-refractivity contribution >= 4 is 48.7 Å². The zero-order valence-corrected chi connectivity index (χ0v) is 38.6. The maximum atomic E-state index is 14.6. The summed E-state index contributed by atoms with van der Waals surface area (Å²) in [4.78, 5) is 76.6. The maximum Gasteiger partial charge on any atom is 0.519 e. The third kappa shape index (κ3) is 13.0. The average molecular weight is 927 g/mol. The van der Waals surface area contributed by atoms with E-state index in [4.69, 9.17) is 48.0 Å². The number of imidazole rings is 1. The zero-order valence-electron chi connectivity index (χ0n) is 37.7. The first-order valence-corrected chi connectivity index (χ1v) is 22.5. The van der Waals surface area contributed by atoms with Crippen molar-refractivity contribution < 1.29 is 65.3 Å². The molecule has 4 heterocycles. The van der Waals surface area contributed by atoms with Crippen LogP contribution in [0.1, 0.15) is 97.7 Å². The van der Waals surface area contributed by atoms with Gasteiger partial charge in [0.25, 0.3) is 0 Å². The molecule has 0 aliphatic carbocycles. The highest BCUT2D eigenvalue weighted by molar-refractivity contribution is 7.52. The van der Waals surface area contributed by atoms with E-state index >= 15 is 0 Å². The number of para-hydroxylation sites is 1. The lowest BCUT2D eigenvalue weighted by Gasteiger charge is -2.31. The predicted octanol–water partition coefficient (Wildman–Crippen LogP) is 6.47. The van der Waals surface area contributed by atoms with Crippen LogP contribution >= 0.6 is 7.75 Å². The van der Waals surface area contributed by atoms with Crippen LogP contribution in [0.3, 0.4) is 0 Å². The van der Waals surface area contributed by atoms with Gasteiger partial charge in [-0.15, -0.1) is 6.42 Å². The van der Waals surface area contributed by atoms with Crippen molar-refractivity contribution in [3.63, 3.8) is 0 Å². The maximum absolute atomic E-state index is 14.6. The molecule has 3 aromatic heterocycles. The van der Waals surface area contributed by atoms with E-state index in [2.05, 4.69) is 31.3 Å². The van der Waals surface area contributed by atoms with Crippen LogP contribution in [0.2, 0.25) is 0 Å². The van der Waals surface area contributed by atoms with Crippen LogP contribution in [0.5, 0.6) is 5.75 Å². The van der Waals surface area contributed by atoms with Crippen LogP contribution in [0, 0.1) is 38.0 Å². The summed E-state index contributed by atoms with van der Waals surface area (Å²) in [5.41, 5.74) is -3.00. The van der Waals surface area contributed by atoms with E-state index in [1.807, 2.05) is 13.8 Å². The van der Waals surface area contributed by atoms with E-state index in [0.717, 1.165) is 12.8 Å². The first-order valence-electron chi connectivity index (χ1n) is 20.9. The minimum absolute atomic E-state index is 0.0422. The van der Waals surface area contributed by atoms with Crippen molar-refractivity contribution in [1.29, 1.82) is 0 Å². The number of ether oxygens (including phenoxy) is 5. The summed E-state index contributed by atoms with van der Waals surface area (Å²) in [7, 11) is -4.49. The number of terminal acetylenes is 1. The van der Waals surface area contributed by atoms with Crippen LogP contribution in [0.4, 0.5) is 10.6 Å². The molecule has 1 aliphatic heterocycles. The van der Waals surface area contributed by atoms with Gasteiger partial charge in [0.1, 0.15) is 42.2 Å². The fourth-order valence-corrected chi connectivity index (χ4v) is 7.96. The molecule has 0 spiro atoms. The molecule has 352 valence electrons. The molecule has 21 nitrogen and oxygen atoms in total. The van der Waals surface area contributed by atoms with Crippen molar-refractivity contribution in [2.45, 2.75) is 124 Å². The second kappa shape index (κ2) is 21.3. The second-order valence-corrected chi connectivity index (χ2v) is 17.9. The number of benzene rings is 1. The molecular formula is C43H55N6O15P. The number of aryl methyl sites for hydroxylation is 2. The largest absolute Gasteiger partial charge is 0.519 e. The number of hydrogen-bond donors (Lipinski definition) is 2. The molecule has 1 amide bonds. The predicted molar refractivity (Wildman–Crippen MR) is 230 cm³/mol. The van der Waals surface area contributed by atoms with Gasteiger partial charge in [-0.1, -0.05) is 64.7 Å². The minimum Gasteiger partial charge on any atom is -0.464 e. The number of nitrogens with one attached hydrogen (secondary N) is 2. The quantitative estimate of drug-likeness (QED) is 0.0392. The van der Waals surface area contributed by atoms with Gasteiger partial charge < -0.3 is 37.0 Å². The second-order valence-electron chi connectivity index (χ2n) is 16.2.